The van der Waals surface area contributed by atoms with Gasteiger partial charge in [0.05, 0.1) is 44.5 Å². The van der Waals surface area contributed by atoms with Gasteiger partial charge in [-0.15, -0.1) is 0 Å². The van der Waals surface area contributed by atoms with E-state index in [1.165, 1.54) is 0 Å². The molecule has 4 atom stereocenters. The molecule has 16 heteroatoms. The Balaban J connectivity index is 1.45. The normalized spacial score (nSPS) is 36.8. The zero-order valence-corrected chi connectivity index (χ0v) is 33.5. The van der Waals surface area contributed by atoms with Gasteiger partial charge in [0.2, 0.25) is 0 Å². The van der Waals surface area contributed by atoms with Gasteiger partial charge in [-0.05, 0) is 144 Å². The first-order valence-corrected chi connectivity index (χ1v) is 19.8. The van der Waals surface area contributed by atoms with Crippen molar-refractivity contribution in [3.63, 3.8) is 0 Å². The monoisotopic (exact) mass is 830 g/mol. The van der Waals surface area contributed by atoms with Crippen LogP contribution in [0.3, 0.4) is 0 Å². The first-order chi connectivity index (χ1) is 27.5. The molecule has 0 aliphatic heterocycles. The summed E-state index contributed by atoms with van der Waals surface area (Å²) in [7, 11) is 0. The molecule has 0 spiro atoms. The van der Waals surface area contributed by atoms with Crippen LogP contribution >= 0.6 is 0 Å². The third-order valence-electron chi connectivity index (χ3n) is 15.8. The van der Waals surface area contributed by atoms with Crippen LogP contribution in [0.2, 0.25) is 0 Å². The van der Waals surface area contributed by atoms with E-state index < -0.39 is 136 Å². The minimum atomic E-state index is -1.75. The second-order valence-corrected chi connectivity index (χ2v) is 21.1. The number of rotatable bonds is 11. The van der Waals surface area contributed by atoms with Crippen LogP contribution in [0.25, 0.3) is 0 Å². The number of carboxylic acids is 8. The molecule has 0 aromatic heterocycles. The molecule has 8 N–H and O–H groups in total. The van der Waals surface area contributed by atoms with Crippen LogP contribution in [-0.4, -0.2) is 88.6 Å². The second-order valence-electron chi connectivity index (χ2n) is 21.1. The molecule has 318 valence electrons. The molecule has 0 saturated heterocycles. The Bertz CT molecular complexity index is 2170. The van der Waals surface area contributed by atoms with Crippen LogP contribution in [0.1, 0.15) is 199 Å². The summed E-state index contributed by atoms with van der Waals surface area (Å²) in [5.41, 5.74) is -14.3. The predicted octanol–water partition coefficient (Wildman–Crippen LogP) is 7.21. The van der Waals surface area contributed by atoms with E-state index in [4.69, 9.17) is 0 Å². The summed E-state index contributed by atoms with van der Waals surface area (Å²) in [6.07, 6.45) is 4.46. The minimum absolute atomic E-state index is 0.114. The van der Waals surface area contributed by atoms with Crippen molar-refractivity contribution in [3.8, 4) is 0 Å². The van der Waals surface area contributed by atoms with Crippen LogP contribution in [0.5, 0.6) is 0 Å². The van der Waals surface area contributed by atoms with Crippen molar-refractivity contribution in [2.75, 3.05) is 0 Å². The summed E-state index contributed by atoms with van der Waals surface area (Å²) in [5.74, 6) is -13.9. The highest BCUT2D eigenvalue weighted by Gasteiger charge is 2.77. The van der Waals surface area contributed by atoms with Crippen LogP contribution < -0.4 is 0 Å². The molecule has 4 unspecified atom stereocenters. The third-order valence-corrected chi connectivity index (χ3v) is 15.8. The zero-order valence-electron chi connectivity index (χ0n) is 33.5. The topological polar surface area (TPSA) is 298 Å². The molecule has 60 heavy (non-hydrogen) atoms. The zero-order chi connectivity index (χ0) is 44.3. The van der Waals surface area contributed by atoms with Gasteiger partial charge in [0.1, 0.15) is 0 Å². The van der Waals surface area contributed by atoms with E-state index in [-0.39, 0.29) is 49.7 Å². The average molecular weight is 831 g/mol. The van der Waals surface area contributed by atoms with Crippen molar-refractivity contribution in [2.45, 2.75) is 116 Å². The molecule has 10 rings (SSSR count). The van der Waals surface area contributed by atoms with E-state index in [2.05, 4.69) is 0 Å². The molecule has 8 saturated carbocycles. The number of hydrogen-bond donors (Lipinski definition) is 8. The van der Waals surface area contributed by atoms with Gasteiger partial charge >= 0.3 is 47.8 Å². The van der Waals surface area contributed by atoms with Gasteiger partial charge in [-0.1, -0.05) is 27.7 Å². The molecule has 2 aromatic carbocycles. The number of aromatic carboxylic acids is 8. The summed E-state index contributed by atoms with van der Waals surface area (Å²) < 4.78 is 0. The first kappa shape index (κ1) is 41.0. The van der Waals surface area contributed by atoms with Gasteiger partial charge < -0.3 is 40.9 Å². The molecule has 2 aromatic rings. The van der Waals surface area contributed by atoms with Crippen LogP contribution in [0, 0.1) is 32.5 Å². The molecule has 0 amide bonds. The lowest BCUT2D eigenvalue weighted by molar-refractivity contribution is -0.275. The minimum Gasteiger partial charge on any atom is -0.478 e. The van der Waals surface area contributed by atoms with E-state index >= 15 is 0 Å². The highest BCUT2D eigenvalue weighted by atomic mass is 16.4. The lowest BCUT2D eigenvalue weighted by atomic mass is 9.24. The van der Waals surface area contributed by atoms with E-state index in [0.717, 1.165) is 0 Å². The van der Waals surface area contributed by atoms with Gasteiger partial charge in [0, 0.05) is 0 Å². The summed E-state index contributed by atoms with van der Waals surface area (Å²) >= 11 is 0. The highest BCUT2D eigenvalue weighted by molar-refractivity contribution is 6.12. The number of carbonyl (C=O) groups is 8. The Morgan fingerprint density at radius 2 is 0.550 bits per heavy atom. The molecule has 16 nitrogen and oxygen atoms in total. The Hall–Kier alpha value is -5.80. The lowest BCUT2D eigenvalue weighted by Gasteiger charge is -2.80. The Labute approximate surface area is 342 Å². The SMILES string of the molecule is CC12CC3(C)CC(c4c(C(=O)O)c(C(=O)O)cc(C(=O)O)c4C(=O)O)(C1)CC(C14CC5(C)CC(C)(CC(c6c(C(=O)O)c(C(=O)O)cc(C(=O)O)c6C(=O)O)(C5)C1)C4)(C2)C3. The van der Waals surface area contributed by atoms with Crippen molar-refractivity contribution in [2.24, 2.45) is 32.5 Å². The van der Waals surface area contributed by atoms with E-state index in [1.54, 1.807) is 0 Å². The molecule has 8 aliphatic rings. The maximum absolute atomic E-state index is 13.3. The fraction of sp³-hybridized carbons (Fsp3) is 0.545. The van der Waals surface area contributed by atoms with E-state index in [1.807, 2.05) is 27.7 Å². The molecular weight excluding hydrogens is 784 g/mol. The molecular formula is C44H46O16. The molecule has 8 aliphatic carbocycles. The third kappa shape index (κ3) is 5.40. The number of carboxylic acid groups (broad SMARTS) is 8. The fourth-order valence-electron chi connectivity index (χ4n) is 17.0. The number of benzene rings is 2. The summed E-state index contributed by atoms with van der Waals surface area (Å²) in [6, 6.07) is 1.17. The standard InChI is InChI=1S/C44H46O16/c1-37-7-38(2)10-41(9-37,27-23(33(53)54)19(29(45)46)5-20(30(47)48)24(27)34(55)56)17-43(13-37,14-38)44-15-39(3)8-40(4,16-44)12-42(11-39,18-44)28-25(35(57)58)21(31(49)50)6-22(32(51)52)26(28)36(59)60/h5-6H,7-18H2,1-4H3,(H,45,46)(H,47,48)(H,49,50)(H,51,52)(H,53,54)(H,55,56)(H,57,58)(H,59,60). The van der Waals surface area contributed by atoms with Crippen molar-refractivity contribution < 1.29 is 79.2 Å². The van der Waals surface area contributed by atoms with Gasteiger partial charge in [0.15, 0.2) is 0 Å². The number of hydrogen-bond acceptors (Lipinski definition) is 8. The first-order valence-electron chi connectivity index (χ1n) is 19.8. The molecule has 8 bridgehead atoms. The van der Waals surface area contributed by atoms with E-state index in [0.29, 0.717) is 50.7 Å². The molecule has 0 heterocycles. The summed E-state index contributed by atoms with van der Waals surface area (Å²) in [4.78, 5) is 104. The van der Waals surface area contributed by atoms with E-state index in [9.17, 15) is 79.2 Å². The average Bonchev–Trinajstić information content (AvgIpc) is 3.06. The van der Waals surface area contributed by atoms with Crippen molar-refractivity contribution in [1.29, 1.82) is 0 Å². The van der Waals surface area contributed by atoms with Gasteiger partial charge in [-0.25, -0.2) is 38.4 Å². The predicted molar refractivity (Wildman–Crippen MR) is 205 cm³/mol. The summed E-state index contributed by atoms with van der Waals surface area (Å²) in [5, 5.41) is 84.4. The van der Waals surface area contributed by atoms with Crippen molar-refractivity contribution in [3.05, 3.63) is 67.8 Å². The van der Waals surface area contributed by atoms with Crippen molar-refractivity contribution in [1.82, 2.24) is 0 Å². The Morgan fingerprint density at radius 1 is 0.333 bits per heavy atom. The van der Waals surface area contributed by atoms with Gasteiger partial charge in [0.25, 0.3) is 0 Å². The molecule has 0 radical (unpaired) electrons. The Morgan fingerprint density at radius 3 is 0.733 bits per heavy atom. The second kappa shape index (κ2) is 11.9. The highest BCUT2D eigenvalue weighted by Crippen LogP contribution is 2.85. The van der Waals surface area contributed by atoms with Crippen molar-refractivity contribution >= 4 is 47.8 Å². The van der Waals surface area contributed by atoms with Gasteiger partial charge in [-0.2, -0.15) is 0 Å². The maximum Gasteiger partial charge on any atom is 0.336 e. The quantitative estimate of drug-likeness (QED) is 0.111. The maximum atomic E-state index is 13.3. The smallest absolute Gasteiger partial charge is 0.336 e. The van der Waals surface area contributed by atoms with Gasteiger partial charge in [-0.3, -0.25) is 0 Å². The molecule has 8 fully saturated rings. The fourth-order valence-corrected chi connectivity index (χ4v) is 17.0. The van der Waals surface area contributed by atoms with Crippen LogP contribution in [0.4, 0.5) is 0 Å². The van der Waals surface area contributed by atoms with Crippen LogP contribution in [-0.2, 0) is 10.8 Å². The largest absolute Gasteiger partial charge is 0.478 e. The Kier molecular flexibility index (Phi) is 8.15. The summed E-state index contributed by atoms with van der Waals surface area (Å²) in [6.45, 7) is 8.08. The van der Waals surface area contributed by atoms with Crippen LogP contribution in [0.15, 0.2) is 12.1 Å². The lowest BCUT2D eigenvalue weighted by Crippen LogP contribution is -2.72.